The Balaban J connectivity index is 2.19. The second-order valence-corrected chi connectivity index (χ2v) is 4.37. The van der Waals surface area contributed by atoms with Crippen molar-refractivity contribution in [3.63, 3.8) is 0 Å². The smallest absolute Gasteiger partial charge is 0.357 e. The Hall–Kier alpha value is -1.52. The van der Waals surface area contributed by atoms with Gasteiger partial charge in [-0.05, 0) is 25.7 Å². The van der Waals surface area contributed by atoms with Crippen molar-refractivity contribution in [2.24, 2.45) is 5.92 Å². The Bertz CT molecular complexity index is 388. The number of anilines is 1. The molecule has 0 bridgehead atoms. The van der Waals surface area contributed by atoms with E-state index >= 15 is 0 Å². The predicted octanol–water partition coefficient (Wildman–Crippen LogP) is 2.00. The van der Waals surface area contributed by atoms with Crippen LogP contribution in [0.15, 0.2) is 10.7 Å². The van der Waals surface area contributed by atoms with E-state index in [0.717, 1.165) is 13.0 Å². The van der Waals surface area contributed by atoms with Crippen LogP contribution in [0.3, 0.4) is 0 Å². The summed E-state index contributed by atoms with van der Waals surface area (Å²) >= 11 is 0. The zero-order chi connectivity index (χ0) is 11.7. The first-order chi connectivity index (χ1) is 7.59. The molecule has 1 aromatic rings. The van der Waals surface area contributed by atoms with Gasteiger partial charge in [0.25, 0.3) is 6.01 Å². The summed E-state index contributed by atoms with van der Waals surface area (Å²) in [6.45, 7) is 5.19. The van der Waals surface area contributed by atoms with Gasteiger partial charge >= 0.3 is 5.97 Å². The number of carboxylic acid groups (broad SMARTS) is 1. The lowest BCUT2D eigenvalue weighted by Gasteiger charge is -2.36. The Labute approximate surface area is 94.1 Å². The molecule has 0 amide bonds. The molecule has 0 aromatic carbocycles. The molecular formula is C11H16N2O3. The summed E-state index contributed by atoms with van der Waals surface area (Å²) in [6, 6.07) is 0.769. The minimum Gasteiger partial charge on any atom is -0.476 e. The van der Waals surface area contributed by atoms with Crippen LogP contribution in [-0.2, 0) is 0 Å². The van der Waals surface area contributed by atoms with E-state index in [1.807, 2.05) is 4.90 Å². The van der Waals surface area contributed by atoms with E-state index in [2.05, 4.69) is 18.8 Å². The minimum atomic E-state index is -1.05. The number of rotatable bonds is 2. The molecule has 16 heavy (non-hydrogen) atoms. The number of nitrogens with zero attached hydrogens (tertiary/aromatic N) is 2. The van der Waals surface area contributed by atoms with Crippen LogP contribution in [0.4, 0.5) is 6.01 Å². The second-order valence-electron chi connectivity index (χ2n) is 4.37. The van der Waals surface area contributed by atoms with E-state index in [1.165, 1.54) is 12.7 Å². The molecule has 88 valence electrons. The molecule has 1 aliphatic rings. The Kier molecular flexibility index (Phi) is 2.85. The number of carboxylic acids is 1. The lowest BCUT2D eigenvalue weighted by molar-refractivity contribution is 0.0690. The summed E-state index contributed by atoms with van der Waals surface area (Å²) in [5.74, 6) is -0.471. The molecule has 5 nitrogen and oxygen atoms in total. The van der Waals surface area contributed by atoms with Gasteiger partial charge in [-0.2, -0.15) is 4.98 Å². The van der Waals surface area contributed by atoms with Crippen LogP contribution in [0.25, 0.3) is 0 Å². The summed E-state index contributed by atoms with van der Waals surface area (Å²) in [4.78, 5) is 16.7. The van der Waals surface area contributed by atoms with Gasteiger partial charge in [0.05, 0.1) is 0 Å². The maximum Gasteiger partial charge on any atom is 0.357 e. The third kappa shape index (κ3) is 1.89. The van der Waals surface area contributed by atoms with Crippen LogP contribution in [0.5, 0.6) is 0 Å². The fourth-order valence-electron chi connectivity index (χ4n) is 2.10. The molecule has 0 aliphatic carbocycles. The van der Waals surface area contributed by atoms with Crippen molar-refractivity contribution >= 4 is 12.0 Å². The maximum absolute atomic E-state index is 10.7. The first-order valence-electron chi connectivity index (χ1n) is 5.55. The molecule has 2 heterocycles. The van der Waals surface area contributed by atoms with Crippen LogP contribution in [0.2, 0.25) is 0 Å². The third-order valence-electron chi connectivity index (χ3n) is 3.33. The Morgan fingerprint density at radius 3 is 3.00 bits per heavy atom. The number of hydrogen-bond donors (Lipinski definition) is 1. The molecule has 2 rings (SSSR count). The zero-order valence-corrected chi connectivity index (χ0v) is 9.51. The number of oxazole rings is 1. The summed E-state index contributed by atoms with van der Waals surface area (Å²) in [5, 5.41) is 8.77. The molecular weight excluding hydrogens is 208 g/mol. The SMILES string of the molecule is CC1CCCN(c2nc(C(=O)O)co2)C1C. The van der Waals surface area contributed by atoms with Crippen molar-refractivity contribution in [2.75, 3.05) is 11.4 Å². The molecule has 1 aliphatic heterocycles. The minimum absolute atomic E-state index is 0.0274. The van der Waals surface area contributed by atoms with E-state index in [1.54, 1.807) is 0 Å². The third-order valence-corrected chi connectivity index (χ3v) is 3.33. The van der Waals surface area contributed by atoms with Crippen molar-refractivity contribution in [3.05, 3.63) is 12.0 Å². The first kappa shape index (κ1) is 11.0. The highest BCUT2D eigenvalue weighted by molar-refractivity contribution is 5.85. The number of piperidine rings is 1. The molecule has 2 unspecified atom stereocenters. The highest BCUT2D eigenvalue weighted by Crippen LogP contribution is 2.27. The fourth-order valence-corrected chi connectivity index (χ4v) is 2.10. The Morgan fingerprint density at radius 2 is 2.38 bits per heavy atom. The fraction of sp³-hybridized carbons (Fsp3) is 0.636. The van der Waals surface area contributed by atoms with E-state index < -0.39 is 5.97 Å². The Morgan fingerprint density at radius 1 is 1.62 bits per heavy atom. The molecule has 1 saturated heterocycles. The molecule has 0 radical (unpaired) electrons. The first-order valence-corrected chi connectivity index (χ1v) is 5.55. The van der Waals surface area contributed by atoms with Gasteiger partial charge in [-0.3, -0.25) is 0 Å². The molecule has 2 atom stereocenters. The monoisotopic (exact) mass is 224 g/mol. The number of aromatic carboxylic acids is 1. The average molecular weight is 224 g/mol. The van der Waals surface area contributed by atoms with Gasteiger partial charge in [-0.1, -0.05) is 6.92 Å². The highest BCUT2D eigenvalue weighted by atomic mass is 16.4. The van der Waals surface area contributed by atoms with Crippen molar-refractivity contribution in [3.8, 4) is 0 Å². The van der Waals surface area contributed by atoms with Gasteiger partial charge in [-0.15, -0.1) is 0 Å². The van der Waals surface area contributed by atoms with Crippen LogP contribution < -0.4 is 4.90 Å². The van der Waals surface area contributed by atoms with E-state index in [4.69, 9.17) is 9.52 Å². The topological polar surface area (TPSA) is 66.6 Å². The van der Waals surface area contributed by atoms with Gasteiger partial charge < -0.3 is 14.4 Å². The highest BCUT2D eigenvalue weighted by Gasteiger charge is 2.28. The summed E-state index contributed by atoms with van der Waals surface area (Å²) in [7, 11) is 0. The van der Waals surface area contributed by atoms with Crippen LogP contribution in [0.1, 0.15) is 37.2 Å². The summed E-state index contributed by atoms with van der Waals surface area (Å²) in [6.07, 6.45) is 3.49. The molecule has 1 fully saturated rings. The van der Waals surface area contributed by atoms with Crippen molar-refractivity contribution < 1.29 is 14.3 Å². The van der Waals surface area contributed by atoms with Crippen LogP contribution in [-0.4, -0.2) is 28.6 Å². The van der Waals surface area contributed by atoms with Crippen molar-refractivity contribution in [1.29, 1.82) is 0 Å². The quantitative estimate of drug-likeness (QED) is 0.832. The van der Waals surface area contributed by atoms with Gasteiger partial charge in [0.1, 0.15) is 6.26 Å². The summed E-state index contributed by atoms with van der Waals surface area (Å²) < 4.78 is 5.22. The largest absolute Gasteiger partial charge is 0.476 e. The van der Waals surface area contributed by atoms with Crippen LogP contribution >= 0.6 is 0 Å². The van der Waals surface area contributed by atoms with Gasteiger partial charge in [-0.25, -0.2) is 4.79 Å². The number of aromatic nitrogens is 1. The van der Waals surface area contributed by atoms with Gasteiger partial charge in [0, 0.05) is 12.6 Å². The van der Waals surface area contributed by atoms with Gasteiger partial charge in [0.15, 0.2) is 5.69 Å². The average Bonchev–Trinajstić information content (AvgIpc) is 2.71. The van der Waals surface area contributed by atoms with Crippen LogP contribution in [0, 0.1) is 5.92 Å². The van der Waals surface area contributed by atoms with Gasteiger partial charge in [0.2, 0.25) is 0 Å². The lowest BCUT2D eigenvalue weighted by Crippen LogP contribution is -2.42. The molecule has 5 heteroatoms. The standard InChI is InChI=1S/C11H16N2O3/c1-7-4-3-5-13(8(7)2)11-12-9(6-16-11)10(14)15/h6-8H,3-5H2,1-2H3,(H,14,15). The molecule has 1 aromatic heterocycles. The molecule has 0 saturated carbocycles. The predicted molar refractivity (Wildman–Crippen MR) is 58.7 cm³/mol. The normalized spacial score (nSPS) is 25.8. The van der Waals surface area contributed by atoms with E-state index in [-0.39, 0.29) is 5.69 Å². The zero-order valence-electron chi connectivity index (χ0n) is 9.51. The maximum atomic E-state index is 10.7. The molecule has 0 spiro atoms. The summed E-state index contributed by atoms with van der Waals surface area (Å²) in [5.41, 5.74) is -0.0274. The van der Waals surface area contributed by atoms with Crippen molar-refractivity contribution in [1.82, 2.24) is 4.98 Å². The second kappa shape index (κ2) is 4.15. The number of carbonyl (C=O) groups is 1. The molecule has 1 N–H and O–H groups in total. The number of hydrogen-bond acceptors (Lipinski definition) is 4. The van der Waals surface area contributed by atoms with E-state index in [0.29, 0.717) is 18.0 Å². The van der Waals surface area contributed by atoms with E-state index in [9.17, 15) is 4.79 Å². The van der Waals surface area contributed by atoms with Crippen molar-refractivity contribution in [2.45, 2.75) is 32.7 Å². The lowest BCUT2D eigenvalue weighted by atomic mass is 9.92.